The van der Waals surface area contributed by atoms with Crippen molar-refractivity contribution in [3.63, 3.8) is 0 Å². The summed E-state index contributed by atoms with van der Waals surface area (Å²) in [6.45, 7) is 1.64. The minimum Gasteiger partial charge on any atom is -0.483 e. The number of aliphatic hydroxyl groups is 1. The van der Waals surface area contributed by atoms with Gasteiger partial charge in [0.1, 0.15) is 5.75 Å². The first kappa shape index (κ1) is 14.6. The number of benzene rings is 2. The van der Waals surface area contributed by atoms with Crippen LogP contribution in [0.1, 0.15) is 22.8 Å². The molecule has 0 fully saturated rings. The normalized spacial score (nSPS) is 11.9. The lowest BCUT2D eigenvalue weighted by atomic mass is 10.1. The molecule has 0 aliphatic rings. The summed E-state index contributed by atoms with van der Waals surface area (Å²) in [5, 5.41) is 9.66. The van der Waals surface area contributed by atoms with Crippen molar-refractivity contribution in [2.45, 2.75) is 19.6 Å². The molecule has 0 aliphatic heterocycles. The van der Waals surface area contributed by atoms with Gasteiger partial charge in [0.15, 0.2) is 6.10 Å². The van der Waals surface area contributed by atoms with E-state index in [4.69, 9.17) is 21.4 Å². The van der Waals surface area contributed by atoms with Crippen molar-refractivity contribution in [3.05, 3.63) is 64.7 Å². The van der Waals surface area contributed by atoms with Crippen molar-refractivity contribution >= 4 is 17.4 Å². The first-order valence-corrected chi connectivity index (χ1v) is 6.64. The van der Waals surface area contributed by atoms with E-state index in [1.807, 2.05) is 0 Å². The molecule has 0 amide bonds. The number of carbonyl (C=O) groups excluding carboxylic acids is 1. The van der Waals surface area contributed by atoms with E-state index in [1.54, 1.807) is 55.5 Å². The monoisotopic (exact) mass is 290 g/mol. The molecule has 0 bridgehead atoms. The number of carbonyl (C=O) groups is 1. The summed E-state index contributed by atoms with van der Waals surface area (Å²) in [5.41, 5.74) is 1.30. The topological polar surface area (TPSA) is 46.5 Å². The zero-order valence-electron chi connectivity index (χ0n) is 11.0. The summed E-state index contributed by atoms with van der Waals surface area (Å²) in [4.78, 5) is 12.2. The minimum absolute atomic E-state index is 0.0588. The Hall–Kier alpha value is -1.84. The van der Waals surface area contributed by atoms with E-state index in [0.29, 0.717) is 16.3 Å². The number of rotatable bonds is 5. The molecule has 1 unspecified atom stereocenters. The predicted molar refractivity (Wildman–Crippen MR) is 78.2 cm³/mol. The van der Waals surface area contributed by atoms with E-state index >= 15 is 0 Å². The van der Waals surface area contributed by atoms with Crippen LogP contribution in [0.2, 0.25) is 5.02 Å². The molecule has 0 heterocycles. The molecule has 1 N–H and O–H groups in total. The Morgan fingerprint density at radius 1 is 1.25 bits per heavy atom. The van der Waals surface area contributed by atoms with Crippen molar-refractivity contribution in [2.75, 3.05) is 0 Å². The number of Topliss-reactive ketones (excluding diaryl/α,β-unsaturated/α-hetero) is 1. The van der Waals surface area contributed by atoms with Crippen LogP contribution in [0.3, 0.4) is 0 Å². The van der Waals surface area contributed by atoms with Crippen molar-refractivity contribution < 1.29 is 14.6 Å². The van der Waals surface area contributed by atoms with Gasteiger partial charge in [0.2, 0.25) is 5.78 Å². The second kappa shape index (κ2) is 6.55. The summed E-state index contributed by atoms with van der Waals surface area (Å²) >= 11 is 5.79. The van der Waals surface area contributed by atoms with Gasteiger partial charge in [-0.25, -0.2) is 0 Å². The fourth-order valence-corrected chi connectivity index (χ4v) is 1.95. The standard InChI is InChI=1S/C16H15ClO3/c1-11(16(19)13-5-7-14(17)8-6-13)20-15-4-2-3-12(9-15)10-18/h2-9,11,18H,10H2,1H3. The third-order valence-electron chi connectivity index (χ3n) is 2.89. The van der Waals surface area contributed by atoms with Crippen LogP contribution in [0.25, 0.3) is 0 Å². The SMILES string of the molecule is CC(Oc1cccc(CO)c1)C(=O)c1ccc(Cl)cc1. The van der Waals surface area contributed by atoms with Crippen molar-refractivity contribution in [1.29, 1.82) is 0 Å². The maximum atomic E-state index is 12.2. The average molecular weight is 291 g/mol. The molecule has 0 aromatic heterocycles. The van der Waals surface area contributed by atoms with Gasteiger partial charge in [0.05, 0.1) is 6.61 Å². The number of aliphatic hydroxyl groups excluding tert-OH is 1. The average Bonchev–Trinajstić information content (AvgIpc) is 2.47. The Balaban J connectivity index is 2.09. The lowest BCUT2D eigenvalue weighted by molar-refractivity contribution is 0.0818. The molecular formula is C16H15ClO3. The van der Waals surface area contributed by atoms with E-state index in [1.165, 1.54) is 0 Å². The van der Waals surface area contributed by atoms with Crippen LogP contribution < -0.4 is 4.74 Å². The fourth-order valence-electron chi connectivity index (χ4n) is 1.82. The highest BCUT2D eigenvalue weighted by Gasteiger charge is 2.16. The van der Waals surface area contributed by atoms with E-state index in [9.17, 15) is 4.79 Å². The zero-order valence-corrected chi connectivity index (χ0v) is 11.8. The molecule has 4 heteroatoms. The van der Waals surface area contributed by atoms with Gasteiger partial charge in [-0.05, 0) is 48.9 Å². The molecule has 0 saturated heterocycles. The predicted octanol–water partition coefficient (Wildman–Crippen LogP) is 3.48. The van der Waals surface area contributed by atoms with Gasteiger partial charge in [-0.15, -0.1) is 0 Å². The Morgan fingerprint density at radius 2 is 1.95 bits per heavy atom. The lowest BCUT2D eigenvalue weighted by Crippen LogP contribution is -2.23. The maximum Gasteiger partial charge on any atom is 0.202 e. The minimum atomic E-state index is -0.606. The second-order valence-corrected chi connectivity index (χ2v) is 4.87. The molecule has 0 saturated carbocycles. The molecule has 2 rings (SSSR count). The molecule has 2 aromatic carbocycles. The smallest absolute Gasteiger partial charge is 0.202 e. The third-order valence-corrected chi connectivity index (χ3v) is 3.14. The highest BCUT2D eigenvalue weighted by Crippen LogP contribution is 2.17. The van der Waals surface area contributed by atoms with Crippen molar-refractivity contribution in [3.8, 4) is 5.75 Å². The van der Waals surface area contributed by atoms with Crippen LogP contribution in [0, 0.1) is 0 Å². The Morgan fingerprint density at radius 3 is 2.60 bits per heavy atom. The van der Waals surface area contributed by atoms with E-state index in [0.717, 1.165) is 5.56 Å². The molecule has 0 aliphatic carbocycles. The Kier molecular flexibility index (Phi) is 4.77. The summed E-state index contributed by atoms with van der Waals surface area (Å²) in [6, 6.07) is 13.7. The molecule has 2 aromatic rings. The van der Waals surface area contributed by atoms with Crippen LogP contribution in [-0.2, 0) is 6.61 Å². The first-order valence-electron chi connectivity index (χ1n) is 6.26. The second-order valence-electron chi connectivity index (χ2n) is 4.44. The number of hydrogen-bond acceptors (Lipinski definition) is 3. The number of halogens is 1. The molecular weight excluding hydrogens is 276 g/mol. The van der Waals surface area contributed by atoms with E-state index in [-0.39, 0.29) is 12.4 Å². The molecule has 20 heavy (non-hydrogen) atoms. The lowest BCUT2D eigenvalue weighted by Gasteiger charge is -2.14. The highest BCUT2D eigenvalue weighted by atomic mass is 35.5. The molecule has 0 radical (unpaired) electrons. The van der Waals surface area contributed by atoms with Crippen molar-refractivity contribution in [2.24, 2.45) is 0 Å². The molecule has 1 atom stereocenters. The van der Waals surface area contributed by atoms with Gasteiger partial charge in [-0.3, -0.25) is 4.79 Å². The van der Waals surface area contributed by atoms with Crippen molar-refractivity contribution in [1.82, 2.24) is 0 Å². The maximum absolute atomic E-state index is 12.2. The fraction of sp³-hybridized carbons (Fsp3) is 0.188. The number of hydrogen-bond donors (Lipinski definition) is 1. The van der Waals surface area contributed by atoms with Crippen LogP contribution in [0.4, 0.5) is 0 Å². The highest BCUT2D eigenvalue weighted by molar-refractivity contribution is 6.30. The van der Waals surface area contributed by atoms with Gasteiger partial charge in [0.25, 0.3) is 0 Å². The molecule has 0 spiro atoms. The summed E-state index contributed by atoms with van der Waals surface area (Å²) < 4.78 is 5.61. The van der Waals surface area contributed by atoms with Gasteiger partial charge < -0.3 is 9.84 Å². The van der Waals surface area contributed by atoms with E-state index in [2.05, 4.69) is 0 Å². The number of ketones is 1. The zero-order chi connectivity index (χ0) is 14.5. The summed E-state index contributed by atoms with van der Waals surface area (Å²) in [5.74, 6) is 0.447. The quantitative estimate of drug-likeness (QED) is 0.858. The summed E-state index contributed by atoms with van der Waals surface area (Å²) in [6.07, 6.45) is -0.606. The van der Waals surface area contributed by atoms with Crippen LogP contribution in [-0.4, -0.2) is 17.0 Å². The van der Waals surface area contributed by atoms with Gasteiger partial charge >= 0.3 is 0 Å². The van der Waals surface area contributed by atoms with Crippen LogP contribution in [0.5, 0.6) is 5.75 Å². The third kappa shape index (κ3) is 3.59. The van der Waals surface area contributed by atoms with E-state index < -0.39 is 6.10 Å². The van der Waals surface area contributed by atoms with Crippen LogP contribution in [0.15, 0.2) is 48.5 Å². The van der Waals surface area contributed by atoms with Gasteiger partial charge in [0, 0.05) is 10.6 Å². The Bertz CT molecular complexity index is 593. The Labute approximate surface area is 122 Å². The first-order chi connectivity index (χ1) is 9.60. The van der Waals surface area contributed by atoms with Gasteiger partial charge in [-0.1, -0.05) is 23.7 Å². The largest absolute Gasteiger partial charge is 0.483 e. The molecule has 3 nitrogen and oxygen atoms in total. The van der Waals surface area contributed by atoms with Crippen LogP contribution >= 0.6 is 11.6 Å². The molecule has 104 valence electrons. The van der Waals surface area contributed by atoms with Gasteiger partial charge in [-0.2, -0.15) is 0 Å². The summed E-state index contributed by atoms with van der Waals surface area (Å²) in [7, 11) is 0. The number of ether oxygens (including phenoxy) is 1.